The third-order valence-electron chi connectivity index (χ3n) is 16.0. The summed E-state index contributed by atoms with van der Waals surface area (Å²) in [6.07, 6.45) is 10.3. The number of hydrogen-bond donors (Lipinski definition) is 3. The lowest BCUT2D eigenvalue weighted by molar-refractivity contribution is -0.246. The van der Waals surface area contributed by atoms with Crippen LogP contribution in [0.4, 0.5) is 0 Å². The van der Waals surface area contributed by atoms with E-state index in [-0.39, 0.29) is 46.6 Å². The van der Waals surface area contributed by atoms with E-state index in [1.807, 2.05) is 48.5 Å². The Labute approximate surface area is 364 Å². The van der Waals surface area contributed by atoms with Crippen LogP contribution in [0.5, 0.6) is 0 Å². The first-order chi connectivity index (χ1) is 28.0. The molecule has 0 aromatic heterocycles. The Hall–Kier alpha value is -1.06. The predicted molar refractivity (Wildman–Crippen MR) is 246 cm³/mol. The largest absolute Gasteiger partial charge is 0.390 e. The van der Waals surface area contributed by atoms with Crippen LogP contribution in [0.2, 0.25) is 0 Å². The lowest BCUT2D eigenvalue weighted by Gasteiger charge is -2.60. The number of benzene rings is 1. The van der Waals surface area contributed by atoms with Crippen LogP contribution >= 0.6 is 0 Å². The normalized spacial score (nSPS) is 38.3. The molecule has 0 bridgehead atoms. The number of nitrogens with zero attached hydrogens (tertiary/aromatic N) is 1. The standard InChI is InChI=1S/C42H67NO6.2C3H8.2C2H6/c1-8-47-33(39(5,6)46)16-12-15-30-36(44)37(45)35-29-17-18-31-38(3,4)32(19-20-42(31)27(2)41(29,42)22-21-40(30,35)7)49-34-26-43(23-24-48-34)25-28-13-10-9-11-14-28;2*1-3-2;2*1-2/h9-11,13-14,27,29-37,44-46H,8,12,15-26H2,1-7H3;2*3H2,1-2H3;2*1-2H3/t27-,29-,30-,31?,32-,33-,34?,35?,36-,37+,40+,41-,42?;;;;/m0..../s1. The molecule has 0 radical (unpaired) electrons. The summed E-state index contributed by atoms with van der Waals surface area (Å²) < 4.78 is 19.1. The van der Waals surface area contributed by atoms with Crippen LogP contribution in [0.15, 0.2) is 30.3 Å². The smallest absolute Gasteiger partial charge is 0.170 e. The van der Waals surface area contributed by atoms with Crippen LogP contribution in [0.3, 0.4) is 0 Å². The Kier molecular flexibility index (Phi) is 20.0. The third kappa shape index (κ3) is 10.3. The van der Waals surface area contributed by atoms with E-state index in [1.54, 1.807) is 0 Å². The molecular weight excluding hydrogens is 735 g/mol. The molecule has 59 heavy (non-hydrogen) atoms. The van der Waals surface area contributed by atoms with Crippen LogP contribution < -0.4 is 0 Å². The maximum absolute atomic E-state index is 11.9. The van der Waals surface area contributed by atoms with Gasteiger partial charge in [0.25, 0.3) is 0 Å². The van der Waals surface area contributed by atoms with Crippen molar-refractivity contribution in [2.45, 2.75) is 217 Å². The average molecular weight is 830 g/mol. The second-order valence-electron chi connectivity index (χ2n) is 20.1. The third-order valence-corrected chi connectivity index (χ3v) is 16.0. The zero-order valence-corrected chi connectivity index (χ0v) is 41.0. The van der Waals surface area contributed by atoms with Crippen molar-refractivity contribution in [3.05, 3.63) is 35.9 Å². The Morgan fingerprint density at radius 1 is 0.864 bits per heavy atom. The quantitative estimate of drug-likeness (QED) is 0.205. The molecule has 1 aliphatic heterocycles. The van der Waals surface area contributed by atoms with Crippen molar-refractivity contribution in [2.24, 2.45) is 51.2 Å². The van der Waals surface area contributed by atoms with Crippen molar-refractivity contribution in [3.63, 3.8) is 0 Å². The molecule has 5 aliphatic carbocycles. The summed E-state index contributed by atoms with van der Waals surface area (Å²) in [4.78, 5) is 2.47. The second-order valence-corrected chi connectivity index (χ2v) is 20.1. The molecule has 344 valence electrons. The van der Waals surface area contributed by atoms with Gasteiger partial charge in [-0.15, -0.1) is 0 Å². The van der Waals surface area contributed by atoms with E-state index in [4.69, 9.17) is 14.2 Å². The summed E-state index contributed by atoms with van der Waals surface area (Å²) in [5, 5.41) is 34.2. The summed E-state index contributed by atoms with van der Waals surface area (Å²) in [5.41, 5.74) is 0.970. The van der Waals surface area contributed by atoms with Gasteiger partial charge in [-0.05, 0) is 129 Å². The summed E-state index contributed by atoms with van der Waals surface area (Å²) in [6, 6.07) is 10.7. The molecule has 13 atom stereocenters. The number of hydrogen-bond acceptors (Lipinski definition) is 7. The minimum atomic E-state index is -0.896. The highest BCUT2D eigenvalue weighted by Crippen LogP contribution is 2.89. The molecule has 7 heteroatoms. The molecule has 6 fully saturated rings. The average Bonchev–Trinajstić information content (AvgIpc) is 3.67. The Balaban J connectivity index is 0.000000855. The van der Waals surface area contributed by atoms with Gasteiger partial charge in [-0.3, -0.25) is 4.90 Å². The molecule has 3 N–H and O–H groups in total. The van der Waals surface area contributed by atoms with Gasteiger partial charge in [0.2, 0.25) is 0 Å². The SMILES string of the molecule is CC.CC.CCC.CCC.CCO[C@@H](CCC[C@H]1[C@H](O)[C@H](O)C2[C@@H]3CCC4C(C)(C)[C@@H](OC5CN(Cc6ccccc6)CCO5)CCC45[C@@H](C)[C@@]35CC[C@@]21C)C(C)(C)O. The van der Waals surface area contributed by atoms with Crippen LogP contribution in [0, 0.1) is 51.2 Å². The lowest BCUT2D eigenvalue weighted by atomic mass is 9.46. The molecule has 6 aliphatic rings. The molecule has 7 rings (SSSR count). The van der Waals surface area contributed by atoms with Crippen LogP contribution in [-0.2, 0) is 20.8 Å². The van der Waals surface area contributed by atoms with Gasteiger partial charge in [0.05, 0.1) is 36.6 Å². The fraction of sp³-hybridized carbons (Fsp3) is 0.885. The number of aliphatic hydroxyl groups is 3. The van der Waals surface area contributed by atoms with E-state index in [0.29, 0.717) is 36.4 Å². The second kappa shape index (κ2) is 22.5. The number of fused-ring (bicyclic) bond motifs is 2. The van der Waals surface area contributed by atoms with Crippen molar-refractivity contribution >= 4 is 0 Å². The van der Waals surface area contributed by atoms with Gasteiger partial charge in [0, 0.05) is 26.2 Å². The number of aliphatic hydroxyl groups excluding tert-OH is 2. The molecule has 7 nitrogen and oxygen atoms in total. The minimum Gasteiger partial charge on any atom is -0.390 e. The van der Waals surface area contributed by atoms with Gasteiger partial charge in [-0.1, -0.05) is 133 Å². The molecule has 1 aromatic carbocycles. The zero-order chi connectivity index (χ0) is 44.4. The van der Waals surface area contributed by atoms with Crippen molar-refractivity contribution < 1.29 is 29.5 Å². The zero-order valence-electron chi connectivity index (χ0n) is 41.0. The van der Waals surface area contributed by atoms with Gasteiger partial charge in [-0.2, -0.15) is 0 Å². The number of ether oxygens (including phenoxy) is 3. The lowest BCUT2D eigenvalue weighted by Crippen LogP contribution is -2.56. The van der Waals surface area contributed by atoms with Gasteiger partial charge in [0.1, 0.15) is 0 Å². The van der Waals surface area contributed by atoms with Gasteiger partial charge in [-0.25, -0.2) is 0 Å². The molecule has 1 aromatic rings. The number of rotatable bonds is 11. The topological polar surface area (TPSA) is 91.6 Å². The molecule has 4 unspecified atom stereocenters. The van der Waals surface area contributed by atoms with Crippen molar-refractivity contribution in [1.82, 2.24) is 4.90 Å². The Bertz CT molecular complexity index is 1330. The Morgan fingerprint density at radius 3 is 2.08 bits per heavy atom. The molecule has 1 heterocycles. The van der Waals surface area contributed by atoms with Gasteiger partial charge < -0.3 is 29.5 Å². The summed E-state index contributed by atoms with van der Waals surface area (Å²) >= 11 is 0. The van der Waals surface area contributed by atoms with E-state index in [0.717, 1.165) is 58.2 Å². The van der Waals surface area contributed by atoms with Crippen molar-refractivity contribution in [2.75, 3.05) is 26.3 Å². The molecule has 2 spiro atoms. The van der Waals surface area contributed by atoms with Gasteiger partial charge >= 0.3 is 0 Å². The first-order valence-electron chi connectivity index (χ1n) is 24.8. The van der Waals surface area contributed by atoms with Crippen molar-refractivity contribution in [3.8, 4) is 0 Å². The molecular formula is C52H95NO6. The fourth-order valence-electron chi connectivity index (χ4n) is 13.8. The first-order valence-corrected chi connectivity index (χ1v) is 24.8. The fourth-order valence-corrected chi connectivity index (χ4v) is 13.8. The molecule has 0 amide bonds. The van der Waals surface area contributed by atoms with E-state index in [1.165, 1.54) is 37.7 Å². The van der Waals surface area contributed by atoms with E-state index >= 15 is 0 Å². The van der Waals surface area contributed by atoms with E-state index in [9.17, 15) is 15.3 Å². The van der Waals surface area contributed by atoms with Crippen molar-refractivity contribution in [1.29, 1.82) is 0 Å². The van der Waals surface area contributed by atoms with Gasteiger partial charge in [0.15, 0.2) is 6.29 Å². The molecule has 1 saturated heterocycles. The van der Waals surface area contributed by atoms with Crippen LogP contribution in [-0.4, -0.2) is 82.8 Å². The highest BCUT2D eigenvalue weighted by Gasteiger charge is 2.85. The summed E-state index contributed by atoms with van der Waals surface area (Å²) in [7, 11) is 0. The number of morpholine rings is 1. The predicted octanol–water partition coefficient (Wildman–Crippen LogP) is 11.7. The maximum atomic E-state index is 11.9. The van der Waals surface area contributed by atoms with Crippen LogP contribution in [0.25, 0.3) is 0 Å². The van der Waals surface area contributed by atoms with E-state index < -0.39 is 17.8 Å². The summed E-state index contributed by atoms with van der Waals surface area (Å²) in [6.45, 7) is 36.0. The maximum Gasteiger partial charge on any atom is 0.170 e. The highest BCUT2D eigenvalue weighted by molar-refractivity contribution is 5.33. The first kappa shape index (κ1) is 52.3. The monoisotopic (exact) mass is 830 g/mol. The highest BCUT2D eigenvalue weighted by atomic mass is 16.7. The van der Waals surface area contributed by atoms with Crippen LogP contribution in [0.1, 0.15) is 180 Å². The molecule has 5 saturated carbocycles. The minimum absolute atomic E-state index is 0.0424. The Morgan fingerprint density at radius 2 is 1.49 bits per heavy atom. The van der Waals surface area contributed by atoms with E-state index in [2.05, 4.69) is 90.6 Å². The summed E-state index contributed by atoms with van der Waals surface area (Å²) in [5.74, 6) is 1.91.